The Hall–Kier alpha value is -2.54. The average Bonchev–Trinajstić information content (AvgIpc) is 3.04. The lowest BCUT2D eigenvalue weighted by Crippen LogP contribution is -2.38. The van der Waals surface area contributed by atoms with E-state index in [1.807, 2.05) is 29.2 Å². The van der Waals surface area contributed by atoms with Gasteiger partial charge in [0.05, 0.1) is 7.11 Å². The van der Waals surface area contributed by atoms with Gasteiger partial charge in [-0.2, -0.15) is 0 Å². The fourth-order valence-electron chi connectivity index (χ4n) is 3.54. The third kappa shape index (κ3) is 4.24. The molecule has 0 saturated carbocycles. The minimum Gasteiger partial charge on any atom is -0.497 e. The molecule has 2 aromatic rings. The van der Waals surface area contributed by atoms with Gasteiger partial charge in [0.25, 0.3) is 0 Å². The number of carbonyl (C=O) groups excluding carboxylic acids is 1. The molecule has 0 unspecified atom stereocenters. The predicted molar refractivity (Wildman–Crippen MR) is 94.9 cm³/mol. The second kappa shape index (κ2) is 8.00. The largest absolute Gasteiger partial charge is 0.497 e. The van der Waals surface area contributed by atoms with Crippen molar-refractivity contribution in [2.75, 3.05) is 20.2 Å². The van der Waals surface area contributed by atoms with E-state index in [4.69, 9.17) is 4.74 Å². The van der Waals surface area contributed by atoms with Crippen molar-refractivity contribution in [3.63, 3.8) is 0 Å². The normalized spacial score (nSPS) is 19.9. The number of benzene rings is 2. The van der Waals surface area contributed by atoms with Crippen molar-refractivity contribution in [1.29, 1.82) is 0 Å². The van der Waals surface area contributed by atoms with Crippen molar-refractivity contribution in [3.8, 4) is 5.75 Å². The molecule has 2 aromatic carbocycles. The quantitative estimate of drug-likeness (QED) is 0.813. The highest BCUT2D eigenvalue weighted by Gasteiger charge is 2.34. The molecule has 1 fully saturated rings. The van der Waals surface area contributed by atoms with E-state index in [1.54, 1.807) is 7.11 Å². The fourth-order valence-corrected chi connectivity index (χ4v) is 3.54. The monoisotopic (exact) mass is 378 g/mol. The van der Waals surface area contributed by atoms with E-state index in [1.165, 1.54) is 13.0 Å². The van der Waals surface area contributed by atoms with Gasteiger partial charge in [-0.3, -0.25) is 9.69 Å². The standard InChI is InChI=1S/C20H21F3N2O2/c1-12(26)24-18-11-25(9-14-5-8-17(21)20(23)19(14)22)10-16(18)13-3-6-15(27-2)7-4-13/h3-8,16,18H,9-11H2,1-2H3,(H,24,26)/t16-,18+/m0/s1. The minimum atomic E-state index is -1.46. The molecule has 1 heterocycles. The van der Waals surface area contributed by atoms with Crippen LogP contribution in [-0.2, 0) is 11.3 Å². The lowest BCUT2D eigenvalue weighted by atomic mass is 9.94. The second-order valence-electron chi connectivity index (χ2n) is 6.72. The van der Waals surface area contributed by atoms with E-state index < -0.39 is 17.5 Å². The summed E-state index contributed by atoms with van der Waals surface area (Å²) < 4.78 is 45.8. The zero-order valence-electron chi connectivity index (χ0n) is 15.1. The summed E-state index contributed by atoms with van der Waals surface area (Å²) in [6.07, 6.45) is 0. The van der Waals surface area contributed by atoms with Crippen LogP contribution < -0.4 is 10.1 Å². The zero-order valence-corrected chi connectivity index (χ0v) is 15.1. The van der Waals surface area contributed by atoms with Crippen LogP contribution in [0.15, 0.2) is 36.4 Å². The number of halogens is 3. The smallest absolute Gasteiger partial charge is 0.217 e. The number of hydrogen-bond donors (Lipinski definition) is 1. The highest BCUT2D eigenvalue weighted by molar-refractivity contribution is 5.73. The molecule has 7 heteroatoms. The average molecular weight is 378 g/mol. The maximum absolute atomic E-state index is 14.0. The van der Waals surface area contributed by atoms with Crippen LogP contribution in [0.25, 0.3) is 0 Å². The molecule has 1 saturated heterocycles. The van der Waals surface area contributed by atoms with Crippen molar-refractivity contribution < 1.29 is 22.7 Å². The first-order chi connectivity index (χ1) is 12.9. The highest BCUT2D eigenvalue weighted by atomic mass is 19.2. The van der Waals surface area contributed by atoms with Crippen LogP contribution in [-0.4, -0.2) is 37.0 Å². The first-order valence-electron chi connectivity index (χ1n) is 8.64. The zero-order chi connectivity index (χ0) is 19.6. The molecule has 1 amide bonds. The Balaban J connectivity index is 1.80. The lowest BCUT2D eigenvalue weighted by Gasteiger charge is -2.19. The van der Waals surface area contributed by atoms with Gasteiger partial charge in [-0.15, -0.1) is 0 Å². The number of nitrogens with one attached hydrogen (secondary N) is 1. The van der Waals surface area contributed by atoms with Crippen LogP contribution in [0, 0.1) is 17.5 Å². The maximum atomic E-state index is 14.0. The van der Waals surface area contributed by atoms with E-state index in [9.17, 15) is 18.0 Å². The number of ether oxygens (including phenoxy) is 1. The molecule has 0 bridgehead atoms. The Morgan fingerprint density at radius 3 is 2.44 bits per heavy atom. The van der Waals surface area contributed by atoms with Crippen molar-refractivity contribution in [2.24, 2.45) is 0 Å². The van der Waals surface area contributed by atoms with Crippen LogP contribution in [0.5, 0.6) is 5.75 Å². The second-order valence-corrected chi connectivity index (χ2v) is 6.72. The third-order valence-electron chi connectivity index (χ3n) is 4.84. The Kier molecular flexibility index (Phi) is 5.70. The molecular weight excluding hydrogens is 357 g/mol. The SMILES string of the molecule is COc1ccc([C@@H]2CN(Cc3ccc(F)c(F)c3F)C[C@H]2NC(C)=O)cc1. The molecule has 1 aliphatic heterocycles. The lowest BCUT2D eigenvalue weighted by molar-refractivity contribution is -0.119. The van der Waals surface area contributed by atoms with Crippen molar-refractivity contribution in [2.45, 2.75) is 25.4 Å². The Morgan fingerprint density at radius 1 is 1.11 bits per heavy atom. The molecule has 1 N–H and O–H groups in total. The molecule has 3 rings (SSSR count). The molecule has 27 heavy (non-hydrogen) atoms. The van der Waals surface area contributed by atoms with Crippen LogP contribution >= 0.6 is 0 Å². The number of carbonyl (C=O) groups is 1. The first-order valence-corrected chi connectivity index (χ1v) is 8.64. The highest BCUT2D eigenvalue weighted by Crippen LogP contribution is 2.30. The summed E-state index contributed by atoms with van der Waals surface area (Å²) in [7, 11) is 1.59. The summed E-state index contributed by atoms with van der Waals surface area (Å²) in [5, 5.41) is 2.93. The Bertz CT molecular complexity index is 827. The number of nitrogens with zero attached hydrogens (tertiary/aromatic N) is 1. The summed E-state index contributed by atoms with van der Waals surface area (Å²) >= 11 is 0. The van der Waals surface area contributed by atoms with Crippen LogP contribution in [0.1, 0.15) is 24.0 Å². The first kappa shape index (κ1) is 19.2. The minimum absolute atomic E-state index is 0.00633. The van der Waals surface area contributed by atoms with Gasteiger partial charge in [0, 0.05) is 44.1 Å². The van der Waals surface area contributed by atoms with Gasteiger partial charge in [0.1, 0.15) is 5.75 Å². The summed E-state index contributed by atoms with van der Waals surface area (Å²) in [6, 6.07) is 9.57. The summed E-state index contributed by atoms with van der Waals surface area (Å²) in [4.78, 5) is 13.5. The molecule has 0 aromatic heterocycles. The van der Waals surface area contributed by atoms with Crippen molar-refractivity contribution >= 4 is 5.91 Å². The predicted octanol–water partition coefficient (Wildman–Crippen LogP) is 3.22. The molecular formula is C20H21F3N2O2. The molecule has 0 aliphatic carbocycles. The number of amides is 1. The number of rotatable bonds is 5. The van der Waals surface area contributed by atoms with Gasteiger partial charge >= 0.3 is 0 Å². The number of hydrogen-bond acceptors (Lipinski definition) is 3. The molecule has 2 atom stereocenters. The summed E-state index contributed by atoms with van der Waals surface area (Å²) in [5.41, 5.74) is 1.11. The third-order valence-corrected chi connectivity index (χ3v) is 4.84. The Morgan fingerprint density at radius 2 is 1.81 bits per heavy atom. The molecule has 4 nitrogen and oxygen atoms in total. The van der Waals surface area contributed by atoms with Gasteiger partial charge < -0.3 is 10.1 Å². The van der Waals surface area contributed by atoms with Crippen LogP contribution in [0.4, 0.5) is 13.2 Å². The van der Waals surface area contributed by atoms with Crippen LogP contribution in [0.3, 0.4) is 0 Å². The van der Waals surface area contributed by atoms with Crippen molar-refractivity contribution in [3.05, 3.63) is 65.0 Å². The van der Waals surface area contributed by atoms with Gasteiger partial charge in [-0.05, 0) is 23.8 Å². The fraction of sp³-hybridized carbons (Fsp3) is 0.350. The summed E-state index contributed by atoms with van der Waals surface area (Å²) in [6.45, 7) is 2.61. The summed E-state index contributed by atoms with van der Waals surface area (Å²) in [5.74, 6) is -3.26. The van der Waals surface area contributed by atoms with Gasteiger partial charge in [-0.25, -0.2) is 13.2 Å². The van der Waals surface area contributed by atoms with Crippen LogP contribution in [0.2, 0.25) is 0 Å². The molecule has 0 radical (unpaired) electrons. The Labute approximate surface area is 155 Å². The van der Waals surface area contributed by atoms with E-state index in [-0.39, 0.29) is 30.0 Å². The van der Waals surface area contributed by atoms with E-state index in [0.717, 1.165) is 17.4 Å². The topological polar surface area (TPSA) is 41.6 Å². The van der Waals surface area contributed by atoms with E-state index >= 15 is 0 Å². The maximum Gasteiger partial charge on any atom is 0.217 e. The van der Waals surface area contributed by atoms with Gasteiger partial charge in [0.15, 0.2) is 17.5 Å². The van der Waals surface area contributed by atoms with Crippen molar-refractivity contribution in [1.82, 2.24) is 10.2 Å². The van der Waals surface area contributed by atoms with Gasteiger partial charge in [0.2, 0.25) is 5.91 Å². The number of likely N-dealkylation sites (tertiary alicyclic amines) is 1. The molecule has 0 spiro atoms. The van der Waals surface area contributed by atoms with E-state index in [2.05, 4.69) is 5.32 Å². The molecule has 1 aliphatic rings. The van der Waals surface area contributed by atoms with E-state index in [0.29, 0.717) is 13.1 Å². The molecule has 144 valence electrons. The van der Waals surface area contributed by atoms with Gasteiger partial charge in [-0.1, -0.05) is 18.2 Å². The number of methoxy groups -OCH3 is 1.